The Morgan fingerprint density at radius 1 is 0.833 bits per heavy atom. The fourth-order valence-electron chi connectivity index (χ4n) is 3.04. The zero-order chi connectivity index (χ0) is 17.9. The van der Waals surface area contributed by atoms with Crippen molar-refractivity contribution in [3.05, 3.63) is 0 Å². The molecule has 3 nitrogen and oxygen atoms in total. The lowest BCUT2D eigenvalue weighted by Gasteiger charge is -2.16. The van der Waals surface area contributed by atoms with E-state index in [1.54, 1.807) is 0 Å². The van der Waals surface area contributed by atoms with Crippen LogP contribution in [-0.4, -0.2) is 33.8 Å². The van der Waals surface area contributed by atoms with Gasteiger partial charge in [0, 0.05) is 17.4 Å². The SMILES string of the molecule is CCCCCCCCC(CCCCCCCCC(=O)O)SCCO. The molecule has 24 heavy (non-hydrogen) atoms. The number of aliphatic carboxylic acids is 1. The highest BCUT2D eigenvalue weighted by atomic mass is 32.2. The second-order valence-corrected chi connectivity index (χ2v) is 8.23. The third kappa shape index (κ3) is 18.1. The molecule has 2 N–H and O–H groups in total. The smallest absolute Gasteiger partial charge is 0.303 e. The Labute approximate surface area is 154 Å². The topological polar surface area (TPSA) is 57.5 Å². The van der Waals surface area contributed by atoms with Crippen molar-refractivity contribution in [2.45, 2.75) is 108 Å². The summed E-state index contributed by atoms with van der Waals surface area (Å²) in [7, 11) is 0. The fourth-order valence-corrected chi connectivity index (χ4v) is 4.14. The summed E-state index contributed by atoms with van der Waals surface area (Å²) < 4.78 is 0. The summed E-state index contributed by atoms with van der Waals surface area (Å²) >= 11 is 1.95. The maximum Gasteiger partial charge on any atom is 0.303 e. The van der Waals surface area contributed by atoms with Crippen LogP contribution >= 0.6 is 11.8 Å². The van der Waals surface area contributed by atoms with Crippen LogP contribution in [0.15, 0.2) is 0 Å². The van der Waals surface area contributed by atoms with Crippen LogP contribution in [0.5, 0.6) is 0 Å². The summed E-state index contributed by atoms with van der Waals surface area (Å²) in [6, 6.07) is 0. The number of aliphatic hydroxyl groups is 1. The zero-order valence-electron chi connectivity index (χ0n) is 15.8. The first-order valence-electron chi connectivity index (χ1n) is 10.1. The van der Waals surface area contributed by atoms with Gasteiger partial charge in [0.15, 0.2) is 0 Å². The largest absolute Gasteiger partial charge is 0.481 e. The molecule has 0 aliphatic carbocycles. The Morgan fingerprint density at radius 3 is 1.83 bits per heavy atom. The minimum Gasteiger partial charge on any atom is -0.481 e. The standard InChI is InChI=1S/C20H40O3S/c1-2-3-4-5-8-11-14-19(24-18-17-21)15-12-9-6-7-10-13-16-20(22)23/h19,21H,2-18H2,1H3,(H,22,23). The van der Waals surface area contributed by atoms with Gasteiger partial charge in [-0.3, -0.25) is 4.79 Å². The highest BCUT2D eigenvalue weighted by molar-refractivity contribution is 7.99. The number of rotatable bonds is 19. The second-order valence-electron chi connectivity index (χ2n) is 6.83. The molecular formula is C20H40O3S. The lowest BCUT2D eigenvalue weighted by molar-refractivity contribution is -0.137. The van der Waals surface area contributed by atoms with E-state index in [1.165, 1.54) is 77.0 Å². The first-order chi connectivity index (χ1) is 11.7. The maximum absolute atomic E-state index is 10.4. The summed E-state index contributed by atoms with van der Waals surface area (Å²) in [5.41, 5.74) is 0. The maximum atomic E-state index is 10.4. The minimum atomic E-state index is -0.673. The molecule has 0 aromatic rings. The monoisotopic (exact) mass is 360 g/mol. The molecule has 0 spiro atoms. The molecule has 0 rings (SSSR count). The van der Waals surface area contributed by atoms with Gasteiger partial charge in [-0.25, -0.2) is 0 Å². The highest BCUT2D eigenvalue weighted by Gasteiger charge is 2.08. The van der Waals surface area contributed by atoms with E-state index in [4.69, 9.17) is 10.2 Å². The van der Waals surface area contributed by atoms with Crippen molar-refractivity contribution in [3.8, 4) is 0 Å². The predicted octanol–water partition coefficient (Wildman–Crippen LogP) is 6.04. The zero-order valence-corrected chi connectivity index (χ0v) is 16.6. The van der Waals surface area contributed by atoms with E-state index >= 15 is 0 Å². The van der Waals surface area contributed by atoms with Crippen LogP contribution in [0.2, 0.25) is 0 Å². The first-order valence-corrected chi connectivity index (χ1v) is 11.2. The van der Waals surface area contributed by atoms with Crippen molar-refractivity contribution in [1.29, 1.82) is 0 Å². The normalized spacial score (nSPS) is 12.4. The highest BCUT2D eigenvalue weighted by Crippen LogP contribution is 2.24. The number of carbonyl (C=O) groups is 1. The molecule has 1 unspecified atom stereocenters. The van der Waals surface area contributed by atoms with Gasteiger partial charge in [-0.1, -0.05) is 77.6 Å². The van der Waals surface area contributed by atoms with Gasteiger partial charge in [0.25, 0.3) is 0 Å². The molecule has 0 radical (unpaired) electrons. The van der Waals surface area contributed by atoms with Crippen LogP contribution in [0.25, 0.3) is 0 Å². The molecule has 0 aliphatic heterocycles. The molecule has 0 bridgehead atoms. The van der Waals surface area contributed by atoms with E-state index in [1.807, 2.05) is 11.8 Å². The Bertz CT molecular complexity index is 272. The van der Waals surface area contributed by atoms with Crippen LogP contribution in [-0.2, 0) is 4.79 Å². The number of hydrogen-bond acceptors (Lipinski definition) is 3. The molecule has 0 aromatic heterocycles. The molecule has 0 saturated carbocycles. The second kappa shape index (κ2) is 19.1. The average Bonchev–Trinajstić information content (AvgIpc) is 2.56. The Hall–Kier alpha value is -0.220. The fraction of sp³-hybridized carbons (Fsp3) is 0.950. The summed E-state index contributed by atoms with van der Waals surface area (Å²) in [4.78, 5) is 10.4. The lowest BCUT2D eigenvalue weighted by Crippen LogP contribution is -2.05. The number of thioether (sulfide) groups is 1. The van der Waals surface area contributed by atoms with E-state index in [2.05, 4.69) is 6.92 Å². The summed E-state index contributed by atoms with van der Waals surface area (Å²) in [5, 5.41) is 18.4. The molecule has 4 heteroatoms. The van der Waals surface area contributed by atoms with E-state index in [9.17, 15) is 4.79 Å². The van der Waals surface area contributed by atoms with Crippen LogP contribution in [0, 0.1) is 0 Å². The number of carboxylic acid groups (broad SMARTS) is 1. The summed E-state index contributed by atoms with van der Waals surface area (Å²) in [5.74, 6) is 0.198. The molecule has 0 fully saturated rings. The van der Waals surface area contributed by atoms with Crippen molar-refractivity contribution in [1.82, 2.24) is 0 Å². The number of aliphatic hydroxyl groups excluding tert-OH is 1. The molecule has 1 atom stereocenters. The average molecular weight is 361 g/mol. The Kier molecular flexibility index (Phi) is 18.9. The Balaban J connectivity index is 3.58. The van der Waals surface area contributed by atoms with Crippen molar-refractivity contribution in [3.63, 3.8) is 0 Å². The lowest BCUT2D eigenvalue weighted by atomic mass is 10.0. The molecule has 0 saturated heterocycles. The van der Waals surface area contributed by atoms with Gasteiger partial charge in [-0.2, -0.15) is 11.8 Å². The minimum absolute atomic E-state index is 0.293. The van der Waals surface area contributed by atoms with E-state index < -0.39 is 5.97 Å². The number of hydrogen-bond donors (Lipinski definition) is 2. The summed E-state index contributed by atoms with van der Waals surface area (Å²) in [6.45, 7) is 2.55. The van der Waals surface area contributed by atoms with Gasteiger partial charge >= 0.3 is 5.97 Å². The van der Waals surface area contributed by atoms with Crippen LogP contribution in [0.3, 0.4) is 0 Å². The van der Waals surface area contributed by atoms with E-state index in [0.29, 0.717) is 13.0 Å². The first kappa shape index (κ1) is 23.8. The van der Waals surface area contributed by atoms with Crippen LogP contribution in [0.1, 0.15) is 103 Å². The molecule has 0 amide bonds. The van der Waals surface area contributed by atoms with Crippen LogP contribution < -0.4 is 0 Å². The van der Waals surface area contributed by atoms with E-state index in [-0.39, 0.29) is 0 Å². The number of unbranched alkanes of at least 4 members (excludes halogenated alkanes) is 10. The predicted molar refractivity (Wildman–Crippen MR) is 106 cm³/mol. The van der Waals surface area contributed by atoms with Gasteiger partial charge in [0.2, 0.25) is 0 Å². The van der Waals surface area contributed by atoms with Crippen LogP contribution in [0.4, 0.5) is 0 Å². The molecule has 144 valence electrons. The third-order valence-corrected chi connectivity index (χ3v) is 5.85. The van der Waals surface area contributed by atoms with Crippen molar-refractivity contribution in [2.75, 3.05) is 12.4 Å². The number of carboxylic acids is 1. The van der Waals surface area contributed by atoms with Crippen molar-refractivity contribution < 1.29 is 15.0 Å². The molecule has 0 heterocycles. The van der Waals surface area contributed by atoms with E-state index in [0.717, 1.165) is 23.8 Å². The van der Waals surface area contributed by atoms with Crippen molar-refractivity contribution >= 4 is 17.7 Å². The molecule has 0 aromatic carbocycles. The molecule has 0 aliphatic rings. The van der Waals surface area contributed by atoms with Gasteiger partial charge in [0.1, 0.15) is 0 Å². The molecular weight excluding hydrogens is 320 g/mol. The summed E-state index contributed by atoms with van der Waals surface area (Å²) in [6.07, 6.45) is 17.8. The van der Waals surface area contributed by atoms with Gasteiger partial charge in [0.05, 0.1) is 6.61 Å². The van der Waals surface area contributed by atoms with Gasteiger partial charge in [-0.05, 0) is 19.3 Å². The quantitative estimate of drug-likeness (QED) is 0.276. The Morgan fingerprint density at radius 2 is 1.33 bits per heavy atom. The van der Waals surface area contributed by atoms with Gasteiger partial charge < -0.3 is 10.2 Å². The van der Waals surface area contributed by atoms with Crippen molar-refractivity contribution in [2.24, 2.45) is 0 Å². The van der Waals surface area contributed by atoms with Gasteiger partial charge in [-0.15, -0.1) is 0 Å². The third-order valence-electron chi connectivity index (χ3n) is 4.49.